The van der Waals surface area contributed by atoms with E-state index < -0.39 is 11.5 Å². The van der Waals surface area contributed by atoms with Crippen molar-refractivity contribution in [2.45, 2.75) is 25.2 Å². The first kappa shape index (κ1) is 24.0. The van der Waals surface area contributed by atoms with Crippen LogP contribution in [0.4, 0.5) is 11.4 Å². The maximum Gasteiger partial charge on any atom is 0.261 e. The van der Waals surface area contributed by atoms with Gasteiger partial charge in [0.05, 0.1) is 16.8 Å². The molecule has 37 heavy (non-hydrogen) atoms. The fourth-order valence-electron chi connectivity index (χ4n) is 4.70. The van der Waals surface area contributed by atoms with Gasteiger partial charge in [-0.1, -0.05) is 48.9 Å². The number of nitrogens with one attached hydrogen (secondary N) is 4. The summed E-state index contributed by atoms with van der Waals surface area (Å²) in [6, 6.07) is 19.5. The van der Waals surface area contributed by atoms with E-state index in [2.05, 4.69) is 15.6 Å². The van der Waals surface area contributed by atoms with Crippen molar-refractivity contribution in [3.63, 3.8) is 0 Å². The van der Waals surface area contributed by atoms with Crippen LogP contribution in [0.25, 0.3) is 10.9 Å². The molecule has 6 N–H and O–H groups in total. The minimum Gasteiger partial charge on any atom is -0.398 e. The van der Waals surface area contributed by atoms with Crippen LogP contribution in [0.1, 0.15) is 62.6 Å². The zero-order valence-corrected chi connectivity index (χ0v) is 20.4. The second-order valence-electron chi connectivity index (χ2n) is 9.21. The number of carbonyl (C=O) groups excluding carboxylic acids is 2. The molecule has 0 saturated heterocycles. The first-order valence-electron chi connectivity index (χ1n) is 12.1. The van der Waals surface area contributed by atoms with E-state index in [0.29, 0.717) is 39.0 Å². The fourth-order valence-corrected chi connectivity index (χ4v) is 4.70. The van der Waals surface area contributed by atoms with Crippen LogP contribution < -0.4 is 21.9 Å². The van der Waals surface area contributed by atoms with E-state index in [1.165, 1.54) is 13.1 Å². The molecule has 2 amide bonds. The summed E-state index contributed by atoms with van der Waals surface area (Å²) in [5, 5.41) is 14.6. The number of nitrogen functional groups attached to an aromatic ring is 1. The summed E-state index contributed by atoms with van der Waals surface area (Å²) in [4.78, 5) is 41.4. The molecular weight excluding hydrogens is 466 g/mol. The van der Waals surface area contributed by atoms with Crippen LogP contribution >= 0.6 is 0 Å². The average molecular weight is 494 g/mol. The molecule has 1 aromatic heterocycles. The van der Waals surface area contributed by atoms with E-state index in [0.717, 1.165) is 24.8 Å². The summed E-state index contributed by atoms with van der Waals surface area (Å²) in [6.45, 7) is 0. The van der Waals surface area contributed by atoms with Crippen molar-refractivity contribution < 1.29 is 9.59 Å². The summed E-state index contributed by atoms with van der Waals surface area (Å²) in [6.07, 6.45) is 3.01. The number of fused-ring (bicyclic) bond motifs is 1. The Labute approximate surface area is 213 Å². The number of aromatic amines is 1. The number of rotatable bonds is 6. The van der Waals surface area contributed by atoms with E-state index in [4.69, 9.17) is 11.1 Å². The van der Waals surface area contributed by atoms with Gasteiger partial charge in [0.25, 0.3) is 17.4 Å². The molecule has 0 unspecified atom stereocenters. The van der Waals surface area contributed by atoms with Gasteiger partial charge in [0.15, 0.2) is 0 Å². The highest BCUT2D eigenvalue weighted by molar-refractivity contribution is 6.16. The maximum atomic E-state index is 13.7. The number of carbonyl (C=O) groups is 2. The predicted octanol–water partition coefficient (Wildman–Crippen LogP) is 4.41. The molecule has 186 valence electrons. The zero-order chi connectivity index (χ0) is 26.1. The topological polar surface area (TPSA) is 141 Å². The molecule has 8 heteroatoms. The number of hydrogen-bond donors (Lipinski definition) is 5. The molecule has 1 fully saturated rings. The van der Waals surface area contributed by atoms with Crippen LogP contribution in [0, 0.1) is 5.41 Å². The van der Waals surface area contributed by atoms with E-state index in [1.54, 1.807) is 18.2 Å². The number of benzene rings is 3. The second kappa shape index (κ2) is 9.73. The Hall–Kier alpha value is -4.72. The molecule has 5 rings (SSSR count). The molecule has 1 saturated carbocycles. The van der Waals surface area contributed by atoms with Crippen molar-refractivity contribution in [3.05, 3.63) is 105 Å². The Bertz CT molecular complexity index is 1600. The lowest BCUT2D eigenvalue weighted by atomic mass is 9.77. The van der Waals surface area contributed by atoms with Gasteiger partial charge in [-0.25, -0.2) is 0 Å². The third-order valence-electron chi connectivity index (χ3n) is 6.94. The SMILES string of the molecule is CNC(=O)c1cc2ccc(C3CCC3)c(C(=O)Nc3ccc(N)c(C(=N)c4ccccc4)c3)c2[nH]c1=O. The predicted molar refractivity (Wildman–Crippen MR) is 146 cm³/mol. The van der Waals surface area contributed by atoms with Crippen LogP contribution in [0.3, 0.4) is 0 Å². The van der Waals surface area contributed by atoms with Gasteiger partial charge >= 0.3 is 0 Å². The second-order valence-corrected chi connectivity index (χ2v) is 9.21. The molecule has 4 aromatic rings. The first-order valence-corrected chi connectivity index (χ1v) is 12.1. The van der Waals surface area contributed by atoms with Crippen LogP contribution in [0.15, 0.2) is 71.5 Å². The Morgan fingerprint density at radius 1 is 0.973 bits per heavy atom. The Kier molecular flexibility index (Phi) is 6.31. The van der Waals surface area contributed by atoms with E-state index in [9.17, 15) is 14.4 Å². The van der Waals surface area contributed by atoms with Crippen LogP contribution in [0.5, 0.6) is 0 Å². The van der Waals surface area contributed by atoms with Gasteiger partial charge in [-0.2, -0.15) is 0 Å². The maximum absolute atomic E-state index is 13.7. The molecule has 1 aliphatic rings. The lowest BCUT2D eigenvalue weighted by Gasteiger charge is -2.28. The molecule has 0 aliphatic heterocycles. The van der Waals surface area contributed by atoms with Crippen molar-refractivity contribution in [3.8, 4) is 0 Å². The number of anilines is 2. The van der Waals surface area contributed by atoms with Gasteiger partial charge in [-0.05, 0) is 54.0 Å². The molecule has 1 heterocycles. The third-order valence-corrected chi connectivity index (χ3v) is 6.94. The number of H-pyrrole nitrogens is 1. The fraction of sp³-hybridized carbons (Fsp3) is 0.172. The largest absolute Gasteiger partial charge is 0.398 e. The number of amides is 2. The molecule has 8 nitrogen and oxygen atoms in total. The third kappa shape index (κ3) is 4.49. The van der Waals surface area contributed by atoms with E-state index in [1.807, 2.05) is 42.5 Å². The highest BCUT2D eigenvalue weighted by Crippen LogP contribution is 2.40. The summed E-state index contributed by atoms with van der Waals surface area (Å²) in [7, 11) is 1.46. The number of hydrogen-bond acceptors (Lipinski definition) is 5. The summed E-state index contributed by atoms with van der Waals surface area (Å²) in [5.41, 5.74) is 9.63. The molecular formula is C29H27N5O3. The van der Waals surface area contributed by atoms with E-state index >= 15 is 0 Å². The van der Waals surface area contributed by atoms with Crippen molar-refractivity contribution >= 4 is 39.8 Å². The molecule has 0 spiro atoms. The number of pyridine rings is 1. The monoisotopic (exact) mass is 493 g/mol. The van der Waals surface area contributed by atoms with Gasteiger partial charge in [0, 0.05) is 29.5 Å². The van der Waals surface area contributed by atoms with Gasteiger partial charge in [0.2, 0.25) is 0 Å². The van der Waals surface area contributed by atoms with Gasteiger partial charge in [-0.3, -0.25) is 19.8 Å². The molecule has 0 radical (unpaired) electrons. The molecule has 1 aliphatic carbocycles. The van der Waals surface area contributed by atoms with Gasteiger partial charge in [0.1, 0.15) is 5.56 Å². The normalized spacial score (nSPS) is 13.1. The number of aromatic nitrogens is 1. The Balaban J connectivity index is 1.56. The zero-order valence-electron chi connectivity index (χ0n) is 20.4. The Morgan fingerprint density at radius 3 is 2.41 bits per heavy atom. The lowest BCUT2D eigenvalue weighted by Crippen LogP contribution is -2.27. The minimum absolute atomic E-state index is 0.0136. The summed E-state index contributed by atoms with van der Waals surface area (Å²) >= 11 is 0. The summed E-state index contributed by atoms with van der Waals surface area (Å²) < 4.78 is 0. The van der Waals surface area contributed by atoms with Crippen molar-refractivity contribution in [2.75, 3.05) is 18.1 Å². The van der Waals surface area contributed by atoms with E-state index in [-0.39, 0.29) is 23.1 Å². The smallest absolute Gasteiger partial charge is 0.261 e. The highest BCUT2D eigenvalue weighted by atomic mass is 16.2. The minimum atomic E-state index is -0.558. The molecule has 3 aromatic carbocycles. The van der Waals surface area contributed by atoms with Crippen LogP contribution in [0.2, 0.25) is 0 Å². The Morgan fingerprint density at radius 2 is 1.73 bits per heavy atom. The van der Waals surface area contributed by atoms with Crippen molar-refractivity contribution in [2.24, 2.45) is 0 Å². The first-order chi connectivity index (χ1) is 17.9. The summed E-state index contributed by atoms with van der Waals surface area (Å²) in [5.74, 6) is -0.647. The molecule has 0 atom stereocenters. The van der Waals surface area contributed by atoms with Crippen LogP contribution in [-0.2, 0) is 0 Å². The van der Waals surface area contributed by atoms with Gasteiger partial charge < -0.3 is 21.4 Å². The molecule has 0 bridgehead atoms. The lowest BCUT2D eigenvalue weighted by molar-refractivity contribution is 0.0961. The highest BCUT2D eigenvalue weighted by Gasteiger charge is 2.27. The van der Waals surface area contributed by atoms with Crippen molar-refractivity contribution in [1.29, 1.82) is 5.41 Å². The van der Waals surface area contributed by atoms with Gasteiger partial charge in [-0.15, -0.1) is 0 Å². The van der Waals surface area contributed by atoms with Crippen LogP contribution in [-0.4, -0.2) is 29.6 Å². The van der Waals surface area contributed by atoms with Crippen molar-refractivity contribution in [1.82, 2.24) is 10.3 Å². The average Bonchev–Trinajstić information content (AvgIpc) is 2.88. The standard InChI is InChI=1S/C29H27N5O3/c1-32-27(35)22-14-18-10-12-20(16-8-5-9-16)24(26(18)34-28(22)36)29(37)33-19-11-13-23(30)21(15-19)25(31)17-6-3-2-4-7-17/h2-4,6-7,10-16,31H,5,8-9,30H2,1H3,(H,32,35)(H,33,37)(H,34,36). The quantitative estimate of drug-likeness (QED) is 0.200. The number of nitrogens with two attached hydrogens (primary N) is 1.